The maximum atomic E-state index is 13.2. The van der Waals surface area contributed by atoms with Crippen molar-refractivity contribution in [3.05, 3.63) is 182 Å². The Kier molecular flexibility index (Phi) is 14.6. The Hall–Kier alpha value is -4.41. The Morgan fingerprint density at radius 3 is 1.42 bits per heavy atom. The van der Waals surface area contributed by atoms with E-state index in [2.05, 4.69) is 17.1 Å². The third kappa shape index (κ3) is 12.2. The summed E-state index contributed by atoms with van der Waals surface area (Å²) in [6, 6.07) is 50.6. The van der Waals surface area contributed by atoms with Crippen LogP contribution in [-0.4, -0.2) is 4.98 Å². The van der Waals surface area contributed by atoms with Crippen molar-refractivity contribution in [3.8, 4) is 28.5 Å². The van der Waals surface area contributed by atoms with Crippen molar-refractivity contribution in [3.63, 3.8) is 0 Å². The molecule has 6 rings (SSSR count). The fraction of sp³-hybridized carbons (Fsp3) is 0. The molecule has 0 N–H and O–H groups in total. The van der Waals surface area contributed by atoms with Crippen molar-refractivity contribution < 1.29 is 42.5 Å². The molecule has 0 atom stereocenters. The molecule has 0 fully saturated rings. The van der Waals surface area contributed by atoms with Gasteiger partial charge in [0, 0.05) is 37.9 Å². The number of nitrogens with zero attached hydrogens (tertiary/aromatic N) is 1. The Morgan fingerprint density at radius 2 is 1.05 bits per heavy atom. The summed E-state index contributed by atoms with van der Waals surface area (Å²) in [5.74, 6) is 0.889. The van der Waals surface area contributed by atoms with Crippen LogP contribution >= 0.6 is 8.60 Å². The molecule has 0 saturated heterocycles. The number of aromatic nitrogens is 1. The number of hydrogen-bond acceptors (Lipinski definition) is 4. The first-order chi connectivity index (χ1) is 20.7. The Balaban J connectivity index is 0.000000205. The van der Waals surface area contributed by atoms with Crippen LogP contribution in [0.3, 0.4) is 0 Å². The Morgan fingerprint density at radius 1 is 0.581 bits per heavy atom. The van der Waals surface area contributed by atoms with E-state index in [0.29, 0.717) is 5.69 Å². The summed E-state index contributed by atoms with van der Waals surface area (Å²) >= 11 is 0. The van der Waals surface area contributed by atoms with Crippen LogP contribution in [0.1, 0.15) is 0 Å². The molecule has 1 radical (unpaired) electrons. The van der Waals surface area contributed by atoms with Gasteiger partial charge in [-0.15, -0.1) is 12.1 Å². The number of pyridine rings is 1. The van der Waals surface area contributed by atoms with Crippen molar-refractivity contribution in [2.75, 3.05) is 0 Å². The van der Waals surface area contributed by atoms with Crippen LogP contribution in [0, 0.1) is 23.8 Å². The maximum Gasteiger partial charge on any atom is 0.528 e. The molecule has 1 heterocycles. The predicted octanol–water partition coefficient (Wildman–Crippen LogP) is 9.49. The first-order valence-corrected chi connectivity index (χ1v) is 14.1. The topological polar surface area (TPSA) is 40.6 Å². The fourth-order valence-electron chi connectivity index (χ4n) is 3.31. The van der Waals surface area contributed by atoms with Gasteiger partial charge in [-0.2, -0.15) is 36.4 Å². The van der Waals surface area contributed by atoms with E-state index < -0.39 is 20.2 Å². The van der Waals surface area contributed by atoms with Gasteiger partial charge in [-0.1, -0.05) is 78.4 Å². The van der Waals surface area contributed by atoms with Crippen LogP contribution in [0.15, 0.2) is 158 Å². The minimum atomic E-state index is -2.00. The van der Waals surface area contributed by atoms with Crippen molar-refractivity contribution >= 4 is 8.60 Å². The van der Waals surface area contributed by atoms with E-state index in [1.807, 2.05) is 121 Å². The molecule has 0 bridgehead atoms. The zero-order valence-corrected chi connectivity index (χ0v) is 26.2. The van der Waals surface area contributed by atoms with Gasteiger partial charge >= 0.3 is 8.60 Å². The number of halogens is 2. The fourth-order valence-corrected chi connectivity index (χ4v) is 4.42. The van der Waals surface area contributed by atoms with E-state index in [9.17, 15) is 8.78 Å². The molecule has 5 aromatic carbocycles. The van der Waals surface area contributed by atoms with Crippen LogP contribution in [0.4, 0.5) is 8.78 Å². The molecule has 219 valence electrons. The average molecular weight is 771 g/mol. The van der Waals surface area contributed by atoms with Gasteiger partial charge in [0.05, 0.1) is 0 Å². The molecule has 0 aliphatic rings. The summed E-state index contributed by atoms with van der Waals surface area (Å²) in [6.07, 6.45) is 1.55. The van der Waals surface area contributed by atoms with E-state index in [1.165, 1.54) is 0 Å². The smallest absolute Gasteiger partial charge is 0.305 e. The molecular formula is C35H27F2IrNO3P-. The summed E-state index contributed by atoms with van der Waals surface area (Å²) in [5, 5.41) is 0. The van der Waals surface area contributed by atoms with Gasteiger partial charge in [0.2, 0.25) is 0 Å². The van der Waals surface area contributed by atoms with Gasteiger partial charge in [-0.25, -0.2) is 0 Å². The number of benzene rings is 5. The van der Waals surface area contributed by atoms with Gasteiger partial charge < -0.3 is 4.98 Å². The van der Waals surface area contributed by atoms with Crippen molar-refractivity contribution in [1.82, 2.24) is 4.98 Å². The standard InChI is InChI=1S/C18H16O3P.C11H6F2N.C6H5.Ir/c1-4-10-16(11-5-1)19-22(20-17-12-6-2-7-13-17)21-18-14-8-3-9-15-18;12-8-4-5-9(10(13)7-8)11-3-1-2-6-14-11;1-2-4-6-5-3-1;/h1-15,22H;1-4,6-7H;1-5H;/q+1;2*-1;. The molecule has 6 aromatic rings. The van der Waals surface area contributed by atoms with E-state index in [-0.39, 0.29) is 25.7 Å². The molecule has 0 aliphatic heterocycles. The molecule has 1 aromatic heterocycles. The Labute approximate surface area is 265 Å². The van der Waals surface area contributed by atoms with Gasteiger partial charge in [0.25, 0.3) is 0 Å². The maximum absolute atomic E-state index is 13.2. The van der Waals surface area contributed by atoms with Crippen LogP contribution in [0.5, 0.6) is 17.2 Å². The first kappa shape index (κ1) is 33.1. The minimum absolute atomic E-state index is 0. The zero-order chi connectivity index (χ0) is 29.2. The third-order valence-electron chi connectivity index (χ3n) is 5.22. The average Bonchev–Trinajstić information content (AvgIpc) is 3.04. The van der Waals surface area contributed by atoms with E-state index in [4.69, 9.17) is 13.6 Å². The largest absolute Gasteiger partial charge is 0.528 e. The van der Waals surface area contributed by atoms with E-state index in [1.54, 1.807) is 24.4 Å². The summed E-state index contributed by atoms with van der Waals surface area (Å²) in [4.78, 5) is 3.95. The quantitative estimate of drug-likeness (QED) is 0.120. The van der Waals surface area contributed by atoms with Crippen LogP contribution in [0.2, 0.25) is 0 Å². The molecule has 8 heteroatoms. The third-order valence-corrected chi connectivity index (χ3v) is 6.43. The van der Waals surface area contributed by atoms with Gasteiger partial charge in [-0.05, 0) is 48.2 Å². The van der Waals surface area contributed by atoms with Gasteiger partial charge in [0.1, 0.15) is 0 Å². The summed E-state index contributed by atoms with van der Waals surface area (Å²) in [6.45, 7) is 0. The molecule has 0 amide bonds. The number of para-hydroxylation sites is 3. The SMILES string of the molecule is Fc1c[c-]c(-c2ccccn2)c(F)c1.[Ir].[c-]1ccccc1.c1ccc(O[PH+](Oc2ccccc2)Oc2ccccc2)cc1. The van der Waals surface area contributed by atoms with Crippen molar-refractivity contribution in [2.24, 2.45) is 0 Å². The molecule has 4 nitrogen and oxygen atoms in total. The summed E-state index contributed by atoms with van der Waals surface area (Å²) in [7, 11) is -2.00. The molecule has 0 aliphatic carbocycles. The number of rotatable bonds is 7. The summed E-state index contributed by atoms with van der Waals surface area (Å²) < 4.78 is 43.4. The van der Waals surface area contributed by atoms with Gasteiger partial charge in [-0.3, -0.25) is 22.4 Å². The molecule has 0 spiro atoms. The number of hydrogen-bond donors (Lipinski definition) is 0. The Bertz CT molecular complexity index is 1450. The molecular weight excluding hydrogens is 744 g/mol. The second-order valence-corrected chi connectivity index (χ2v) is 9.44. The van der Waals surface area contributed by atoms with Gasteiger partial charge in [0.15, 0.2) is 17.2 Å². The zero-order valence-electron chi connectivity index (χ0n) is 22.8. The summed E-state index contributed by atoms with van der Waals surface area (Å²) in [5.41, 5.74) is 0.636. The van der Waals surface area contributed by atoms with Crippen LogP contribution in [0.25, 0.3) is 11.3 Å². The second-order valence-electron chi connectivity index (χ2n) is 8.33. The van der Waals surface area contributed by atoms with Crippen LogP contribution < -0.4 is 13.6 Å². The first-order valence-electron chi connectivity index (χ1n) is 12.9. The molecule has 0 unspecified atom stereocenters. The predicted molar refractivity (Wildman–Crippen MR) is 163 cm³/mol. The molecule has 43 heavy (non-hydrogen) atoms. The van der Waals surface area contributed by atoms with Crippen LogP contribution in [-0.2, 0) is 20.1 Å². The second kappa shape index (κ2) is 18.9. The van der Waals surface area contributed by atoms with E-state index >= 15 is 0 Å². The molecule has 0 saturated carbocycles. The van der Waals surface area contributed by atoms with Crippen molar-refractivity contribution in [2.45, 2.75) is 0 Å². The normalized spacial score (nSPS) is 9.65. The minimum Gasteiger partial charge on any atom is -0.305 e. The monoisotopic (exact) mass is 771 g/mol. The van der Waals surface area contributed by atoms with Crippen molar-refractivity contribution in [1.29, 1.82) is 0 Å². The van der Waals surface area contributed by atoms with E-state index in [0.717, 1.165) is 29.4 Å².